The van der Waals surface area contributed by atoms with Crippen molar-refractivity contribution >= 4 is 34.2 Å². The van der Waals surface area contributed by atoms with Crippen molar-refractivity contribution in [2.45, 2.75) is 51.6 Å². The molecule has 1 aromatic heterocycles. The molecular formula is C19H23ClN4O. The van der Waals surface area contributed by atoms with Crippen LogP contribution >= 0.6 is 11.6 Å². The van der Waals surface area contributed by atoms with Gasteiger partial charge in [-0.1, -0.05) is 11.6 Å². The van der Waals surface area contributed by atoms with Crippen LogP contribution in [0.5, 0.6) is 0 Å². The first-order chi connectivity index (χ1) is 12.0. The molecule has 2 atom stereocenters. The lowest BCUT2D eigenvalue weighted by atomic mass is 9.90. The lowest BCUT2D eigenvalue weighted by molar-refractivity contribution is -0.136. The number of fused-ring (bicyclic) bond motifs is 1. The summed E-state index contributed by atoms with van der Waals surface area (Å²) in [5, 5.41) is 4.79. The summed E-state index contributed by atoms with van der Waals surface area (Å²) in [4.78, 5) is 23.7. The SMILES string of the molecule is C[C@@H]1CCC2(CC2)CN1C(=O)[C@@H](C)Nc1ncnc2cc(Cl)ccc12. The van der Waals surface area contributed by atoms with Gasteiger partial charge in [-0.15, -0.1) is 0 Å². The van der Waals surface area contributed by atoms with Crippen LogP contribution in [0.15, 0.2) is 24.5 Å². The fraction of sp³-hybridized carbons (Fsp3) is 0.526. The molecule has 1 amide bonds. The highest BCUT2D eigenvalue weighted by Gasteiger charge is 2.48. The fourth-order valence-electron chi connectivity index (χ4n) is 3.81. The zero-order valence-electron chi connectivity index (χ0n) is 14.6. The molecule has 1 N–H and O–H groups in total. The quantitative estimate of drug-likeness (QED) is 0.904. The largest absolute Gasteiger partial charge is 0.358 e. The number of carbonyl (C=O) groups is 1. The summed E-state index contributed by atoms with van der Waals surface area (Å²) in [6.45, 7) is 4.97. The van der Waals surface area contributed by atoms with Crippen LogP contribution in [-0.2, 0) is 4.79 Å². The van der Waals surface area contributed by atoms with Gasteiger partial charge in [-0.3, -0.25) is 4.79 Å². The number of nitrogens with one attached hydrogen (secondary N) is 1. The van der Waals surface area contributed by atoms with E-state index in [9.17, 15) is 4.79 Å². The molecule has 25 heavy (non-hydrogen) atoms. The van der Waals surface area contributed by atoms with Crippen LogP contribution in [0.2, 0.25) is 5.02 Å². The highest BCUT2D eigenvalue weighted by atomic mass is 35.5. The van der Waals surface area contributed by atoms with E-state index in [0.717, 1.165) is 23.9 Å². The Morgan fingerprint density at radius 2 is 2.16 bits per heavy atom. The molecule has 0 unspecified atom stereocenters. The number of piperidine rings is 1. The molecule has 1 saturated carbocycles. The average Bonchev–Trinajstić information content (AvgIpc) is 3.36. The maximum absolute atomic E-state index is 13.0. The minimum Gasteiger partial charge on any atom is -0.358 e. The number of benzene rings is 1. The van der Waals surface area contributed by atoms with Gasteiger partial charge in [0.25, 0.3) is 0 Å². The van der Waals surface area contributed by atoms with E-state index < -0.39 is 0 Å². The molecule has 2 aromatic rings. The van der Waals surface area contributed by atoms with Crippen LogP contribution in [0.25, 0.3) is 10.9 Å². The molecule has 4 rings (SSSR count). The molecule has 6 heteroatoms. The maximum atomic E-state index is 13.0. The second kappa shape index (κ2) is 6.13. The maximum Gasteiger partial charge on any atom is 0.245 e. The van der Waals surface area contributed by atoms with Gasteiger partial charge in [-0.05, 0) is 63.1 Å². The standard InChI is InChI=1S/C19H23ClN4O/c1-12-5-6-19(7-8-19)10-24(12)18(25)13(2)23-17-15-4-3-14(20)9-16(15)21-11-22-17/h3-4,9,11-13H,5-8,10H2,1-2H3,(H,21,22,23)/t12-,13-/m1/s1. The number of aromatic nitrogens is 2. The molecule has 1 aliphatic heterocycles. The van der Waals surface area contributed by atoms with Crippen LogP contribution in [0.1, 0.15) is 39.5 Å². The van der Waals surface area contributed by atoms with Gasteiger partial charge in [0.15, 0.2) is 0 Å². The number of anilines is 1. The van der Waals surface area contributed by atoms with Crippen LogP contribution in [0.4, 0.5) is 5.82 Å². The Bertz CT molecular complexity index is 820. The molecule has 0 bridgehead atoms. The Labute approximate surface area is 152 Å². The van der Waals surface area contributed by atoms with Gasteiger partial charge >= 0.3 is 0 Å². The second-order valence-electron chi connectivity index (χ2n) is 7.60. The van der Waals surface area contributed by atoms with Crippen molar-refractivity contribution in [3.63, 3.8) is 0 Å². The minimum atomic E-state index is -0.329. The lowest BCUT2D eigenvalue weighted by Gasteiger charge is -2.40. The molecule has 1 aromatic carbocycles. The third-order valence-electron chi connectivity index (χ3n) is 5.69. The van der Waals surface area contributed by atoms with E-state index in [1.165, 1.54) is 25.6 Å². The zero-order chi connectivity index (χ0) is 17.6. The van der Waals surface area contributed by atoms with Gasteiger partial charge in [-0.2, -0.15) is 0 Å². The summed E-state index contributed by atoms with van der Waals surface area (Å²) in [5.41, 5.74) is 1.19. The highest BCUT2D eigenvalue weighted by Crippen LogP contribution is 2.53. The molecular weight excluding hydrogens is 336 g/mol. The molecule has 1 saturated heterocycles. The summed E-state index contributed by atoms with van der Waals surface area (Å²) >= 11 is 6.04. The third kappa shape index (κ3) is 3.17. The first-order valence-electron chi connectivity index (χ1n) is 8.95. The van der Waals surface area contributed by atoms with Crippen molar-refractivity contribution < 1.29 is 4.79 Å². The molecule has 2 fully saturated rings. The molecule has 0 radical (unpaired) electrons. The summed E-state index contributed by atoms with van der Waals surface area (Å²) in [5.74, 6) is 0.826. The molecule has 5 nitrogen and oxygen atoms in total. The van der Waals surface area contributed by atoms with E-state index in [-0.39, 0.29) is 11.9 Å². The summed E-state index contributed by atoms with van der Waals surface area (Å²) in [6, 6.07) is 5.49. The first kappa shape index (κ1) is 16.6. The van der Waals surface area contributed by atoms with Crippen molar-refractivity contribution in [2.75, 3.05) is 11.9 Å². The van der Waals surface area contributed by atoms with Crippen molar-refractivity contribution in [3.8, 4) is 0 Å². The van der Waals surface area contributed by atoms with Gasteiger partial charge in [0.2, 0.25) is 5.91 Å². The minimum absolute atomic E-state index is 0.152. The molecule has 2 heterocycles. The molecule has 2 aliphatic rings. The smallest absolute Gasteiger partial charge is 0.245 e. The topological polar surface area (TPSA) is 58.1 Å². The van der Waals surface area contributed by atoms with E-state index in [1.807, 2.05) is 19.1 Å². The number of likely N-dealkylation sites (tertiary alicyclic amines) is 1. The molecule has 1 aliphatic carbocycles. The average molecular weight is 359 g/mol. The van der Waals surface area contributed by atoms with Crippen molar-refractivity contribution in [1.82, 2.24) is 14.9 Å². The van der Waals surface area contributed by atoms with E-state index in [1.54, 1.807) is 6.07 Å². The molecule has 132 valence electrons. The van der Waals surface area contributed by atoms with Gasteiger partial charge < -0.3 is 10.2 Å². The molecule has 1 spiro atoms. The number of rotatable bonds is 3. The Balaban J connectivity index is 1.53. The number of halogens is 1. The van der Waals surface area contributed by atoms with Crippen molar-refractivity contribution in [1.29, 1.82) is 0 Å². The van der Waals surface area contributed by atoms with Crippen LogP contribution < -0.4 is 5.32 Å². The van der Waals surface area contributed by atoms with E-state index >= 15 is 0 Å². The Morgan fingerprint density at radius 1 is 1.36 bits per heavy atom. The van der Waals surface area contributed by atoms with Gasteiger partial charge in [-0.25, -0.2) is 9.97 Å². The number of amides is 1. The summed E-state index contributed by atoms with van der Waals surface area (Å²) < 4.78 is 0. The van der Waals surface area contributed by atoms with E-state index in [0.29, 0.717) is 22.3 Å². The van der Waals surface area contributed by atoms with Gasteiger partial charge in [0.05, 0.1) is 5.52 Å². The summed E-state index contributed by atoms with van der Waals surface area (Å²) in [6.07, 6.45) is 6.40. The van der Waals surface area contributed by atoms with E-state index in [4.69, 9.17) is 11.6 Å². The Hall–Kier alpha value is -1.88. The third-order valence-corrected chi connectivity index (χ3v) is 5.93. The predicted molar refractivity (Wildman–Crippen MR) is 99.7 cm³/mol. The monoisotopic (exact) mass is 358 g/mol. The zero-order valence-corrected chi connectivity index (χ0v) is 15.4. The Kier molecular flexibility index (Phi) is 4.07. The van der Waals surface area contributed by atoms with Crippen LogP contribution in [-0.4, -0.2) is 39.4 Å². The highest BCUT2D eigenvalue weighted by molar-refractivity contribution is 6.31. The van der Waals surface area contributed by atoms with Gasteiger partial charge in [0, 0.05) is 23.0 Å². The number of hydrogen-bond donors (Lipinski definition) is 1. The predicted octanol–water partition coefficient (Wildman–Crippen LogP) is 3.87. The van der Waals surface area contributed by atoms with E-state index in [2.05, 4.69) is 27.1 Å². The fourth-order valence-corrected chi connectivity index (χ4v) is 3.97. The Morgan fingerprint density at radius 3 is 2.92 bits per heavy atom. The first-order valence-corrected chi connectivity index (χ1v) is 9.33. The lowest BCUT2D eigenvalue weighted by Crippen LogP contribution is -2.51. The van der Waals surface area contributed by atoms with Crippen molar-refractivity contribution in [3.05, 3.63) is 29.5 Å². The van der Waals surface area contributed by atoms with Crippen LogP contribution in [0, 0.1) is 5.41 Å². The van der Waals surface area contributed by atoms with Crippen molar-refractivity contribution in [2.24, 2.45) is 5.41 Å². The summed E-state index contributed by atoms with van der Waals surface area (Å²) in [7, 11) is 0. The van der Waals surface area contributed by atoms with Crippen LogP contribution in [0.3, 0.4) is 0 Å². The number of carbonyl (C=O) groups excluding carboxylic acids is 1. The second-order valence-corrected chi connectivity index (χ2v) is 8.04. The number of hydrogen-bond acceptors (Lipinski definition) is 4. The normalized spacial score (nSPS) is 22.8. The number of nitrogens with zero attached hydrogens (tertiary/aromatic N) is 3. The van der Waals surface area contributed by atoms with Gasteiger partial charge in [0.1, 0.15) is 18.2 Å².